The van der Waals surface area contributed by atoms with Crippen molar-refractivity contribution in [2.45, 2.75) is 18.4 Å². The second-order valence-electron chi connectivity index (χ2n) is 4.24. The van der Waals surface area contributed by atoms with Gasteiger partial charge in [0.1, 0.15) is 5.82 Å². The monoisotopic (exact) mass is 355 g/mol. The van der Waals surface area contributed by atoms with E-state index in [1.165, 1.54) is 6.07 Å². The van der Waals surface area contributed by atoms with Crippen molar-refractivity contribution in [3.8, 4) is 0 Å². The molecule has 0 saturated heterocycles. The van der Waals surface area contributed by atoms with Gasteiger partial charge in [0, 0.05) is 17.2 Å². The summed E-state index contributed by atoms with van der Waals surface area (Å²) in [4.78, 5) is 4.25. The molecule has 0 atom stereocenters. The van der Waals surface area contributed by atoms with Crippen molar-refractivity contribution in [3.63, 3.8) is 0 Å². The number of anilines is 1. The fourth-order valence-corrected chi connectivity index (χ4v) is 3.54. The van der Waals surface area contributed by atoms with Crippen LogP contribution in [0.5, 0.6) is 0 Å². The lowest BCUT2D eigenvalue weighted by atomic mass is 10.2. The van der Waals surface area contributed by atoms with Gasteiger partial charge in [-0.15, -0.1) is 0 Å². The van der Waals surface area contributed by atoms with Crippen LogP contribution >= 0.6 is 15.9 Å². The van der Waals surface area contributed by atoms with E-state index >= 15 is 0 Å². The van der Waals surface area contributed by atoms with Gasteiger partial charge in [-0.05, 0) is 46.1 Å². The Hall–Kier alpha value is -1.44. The van der Waals surface area contributed by atoms with E-state index < -0.39 is 10.0 Å². The molecule has 0 unspecified atom stereocenters. The Bertz CT molecular complexity index is 732. The first-order valence-corrected chi connectivity index (χ1v) is 8.14. The van der Waals surface area contributed by atoms with Crippen LogP contribution < -0.4 is 10.5 Å². The minimum atomic E-state index is -3.70. The summed E-state index contributed by atoms with van der Waals surface area (Å²) < 4.78 is 28.1. The van der Waals surface area contributed by atoms with E-state index in [-0.39, 0.29) is 11.4 Å². The van der Waals surface area contributed by atoms with Gasteiger partial charge in [0.25, 0.3) is 10.0 Å². The van der Waals surface area contributed by atoms with Gasteiger partial charge in [0.15, 0.2) is 0 Å². The minimum Gasteiger partial charge on any atom is -0.326 e. The maximum atomic E-state index is 12.4. The summed E-state index contributed by atoms with van der Waals surface area (Å²) >= 11 is 3.29. The standard InChI is InChI=1S/C13H14BrN3O2S/c1-9-6-11(14)8-16-13(9)17-20(18,19)12-5-3-2-4-10(12)7-15/h2-6,8H,7,15H2,1H3,(H,16,17). The van der Waals surface area contributed by atoms with Crippen LogP contribution in [-0.4, -0.2) is 13.4 Å². The number of nitrogens with zero attached hydrogens (tertiary/aromatic N) is 1. The molecule has 1 aromatic heterocycles. The van der Waals surface area contributed by atoms with E-state index in [4.69, 9.17) is 5.73 Å². The highest BCUT2D eigenvalue weighted by atomic mass is 79.9. The maximum absolute atomic E-state index is 12.4. The molecule has 0 aliphatic rings. The van der Waals surface area contributed by atoms with Crippen molar-refractivity contribution >= 4 is 31.8 Å². The van der Waals surface area contributed by atoms with Crippen molar-refractivity contribution in [1.82, 2.24) is 4.98 Å². The number of nitrogens with one attached hydrogen (secondary N) is 1. The fourth-order valence-electron chi connectivity index (χ4n) is 1.76. The summed E-state index contributed by atoms with van der Waals surface area (Å²) in [7, 11) is -3.70. The van der Waals surface area contributed by atoms with Crippen LogP contribution in [0.15, 0.2) is 45.9 Å². The fraction of sp³-hybridized carbons (Fsp3) is 0.154. The largest absolute Gasteiger partial charge is 0.326 e. The lowest BCUT2D eigenvalue weighted by Crippen LogP contribution is -2.17. The third kappa shape index (κ3) is 3.17. The van der Waals surface area contributed by atoms with Crippen molar-refractivity contribution < 1.29 is 8.42 Å². The summed E-state index contributed by atoms with van der Waals surface area (Å²) in [5, 5.41) is 0. The third-order valence-electron chi connectivity index (χ3n) is 2.76. The normalized spacial score (nSPS) is 11.3. The predicted molar refractivity (Wildman–Crippen MR) is 81.8 cm³/mol. The smallest absolute Gasteiger partial charge is 0.263 e. The molecule has 0 amide bonds. The molecule has 0 fully saturated rings. The molecule has 0 radical (unpaired) electrons. The molecular formula is C13H14BrN3O2S. The Morgan fingerprint density at radius 1 is 1.35 bits per heavy atom. The van der Waals surface area contributed by atoms with Crippen molar-refractivity contribution in [3.05, 3.63) is 52.1 Å². The summed E-state index contributed by atoms with van der Waals surface area (Å²) in [6, 6.07) is 8.43. The zero-order chi connectivity index (χ0) is 14.8. The van der Waals surface area contributed by atoms with Gasteiger partial charge in [0.05, 0.1) is 4.90 Å². The first-order valence-electron chi connectivity index (χ1n) is 5.87. The highest BCUT2D eigenvalue weighted by Gasteiger charge is 2.19. The van der Waals surface area contributed by atoms with E-state index in [1.54, 1.807) is 37.4 Å². The molecular weight excluding hydrogens is 342 g/mol. The molecule has 20 heavy (non-hydrogen) atoms. The van der Waals surface area contributed by atoms with E-state index in [9.17, 15) is 8.42 Å². The highest BCUT2D eigenvalue weighted by Crippen LogP contribution is 2.22. The zero-order valence-electron chi connectivity index (χ0n) is 10.8. The molecule has 0 spiro atoms. The summed E-state index contributed by atoms with van der Waals surface area (Å²) in [6.45, 7) is 1.94. The molecule has 0 aliphatic carbocycles. The Kier molecular flexibility index (Phi) is 4.42. The first kappa shape index (κ1) is 15.0. The molecule has 5 nitrogen and oxygen atoms in total. The van der Waals surface area contributed by atoms with Gasteiger partial charge >= 0.3 is 0 Å². The van der Waals surface area contributed by atoms with Gasteiger partial charge < -0.3 is 5.73 Å². The molecule has 2 rings (SSSR count). The number of sulfonamides is 1. The molecule has 1 heterocycles. The molecule has 3 N–H and O–H groups in total. The number of rotatable bonds is 4. The summed E-state index contributed by atoms with van der Waals surface area (Å²) in [5.74, 6) is 0.306. The topological polar surface area (TPSA) is 85.1 Å². The van der Waals surface area contributed by atoms with Gasteiger partial charge in [-0.3, -0.25) is 4.72 Å². The average Bonchev–Trinajstić information content (AvgIpc) is 2.42. The number of aryl methyl sites for hydroxylation is 1. The Morgan fingerprint density at radius 2 is 2.05 bits per heavy atom. The first-order chi connectivity index (χ1) is 9.44. The Morgan fingerprint density at radius 3 is 2.70 bits per heavy atom. The van der Waals surface area contributed by atoms with Crippen LogP contribution in [-0.2, 0) is 16.6 Å². The van der Waals surface area contributed by atoms with Crippen LogP contribution in [0.2, 0.25) is 0 Å². The van der Waals surface area contributed by atoms with Crippen molar-refractivity contribution in [2.75, 3.05) is 4.72 Å². The lowest BCUT2D eigenvalue weighted by molar-refractivity contribution is 0.600. The average molecular weight is 356 g/mol. The van der Waals surface area contributed by atoms with Crippen LogP contribution in [0.3, 0.4) is 0 Å². The number of hydrogen-bond donors (Lipinski definition) is 2. The number of nitrogens with two attached hydrogens (primary N) is 1. The molecule has 106 valence electrons. The Labute approximate surface area is 126 Å². The lowest BCUT2D eigenvalue weighted by Gasteiger charge is -2.12. The van der Waals surface area contributed by atoms with Gasteiger partial charge in [-0.25, -0.2) is 13.4 Å². The van der Waals surface area contributed by atoms with E-state index in [1.807, 2.05) is 0 Å². The van der Waals surface area contributed by atoms with E-state index in [2.05, 4.69) is 25.6 Å². The third-order valence-corrected chi connectivity index (χ3v) is 4.63. The van der Waals surface area contributed by atoms with Gasteiger partial charge in [-0.1, -0.05) is 18.2 Å². The number of pyridine rings is 1. The molecule has 1 aromatic carbocycles. The zero-order valence-corrected chi connectivity index (χ0v) is 13.2. The van der Waals surface area contributed by atoms with Crippen molar-refractivity contribution in [2.24, 2.45) is 5.73 Å². The maximum Gasteiger partial charge on any atom is 0.263 e. The second-order valence-corrected chi connectivity index (χ2v) is 6.80. The van der Waals surface area contributed by atoms with Crippen molar-refractivity contribution in [1.29, 1.82) is 0 Å². The van der Waals surface area contributed by atoms with Crippen LogP contribution in [0, 0.1) is 6.92 Å². The quantitative estimate of drug-likeness (QED) is 0.881. The van der Waals surface area contributed by atoms with Gasteiger partial charge in [0.2, 0.25) is 0 Å². The summed E-state index contributed by atoms with van der Waals surface area (Å²) in [5.41, 5.74) is 6.87. The van der Waals surface area contributed by atoms with Crippen LogP contribution in [0.4, 0.5) is 5.82 Å². The van der Waals surface area contributed by atoms with Crippen LogP contribution in [0.25, 0.3) is 0 Å². The van der Waals surface area contributed by atoms with E-state index in [0.717, 1.165) is 10.0 Å². The predicted octanol–water partition coefficient (Wildman–Crippen LogP) is 2.41. The molecule has 7 heteroatoms. The number of benzene rings is 1. The van der Waals surface area contributed by atoms with E-state index in [0.29, 0.717) is 11.4 Å². The highest BCUT2D eigenvalue weighted by molar-refractivity contribution is 9.10. The minimum absolute atomic E-state index is 0.157. The second kappa shape index (κ2) is 5.90. The number of halogens is 1. The molecule has 2 aromatic rings. The van der Waals surface area contributed by atoms with Crippen LogP contribution in [0.1, 0.15) is 11.1 Å². The van der Waals surface area contributed by atoms with Gasteiger partial charge in [-0.2, -0.15) is 0 Å². The number of aromatic nitrogens is 1. The molecule has 0 bridgehead atoms. The summed E-state index contributed by atoms with van der Waals surface area (Å²) in [6.07, 6.45) is 1.54. The molecule has 0 aliphatic heterocycles. The Balaban J connectivity index is 2.41. The SMILES string of the molecule is Cc1cc(Br)cnc1NS(=O)(=O)c1ccccc1CN. The molecule has 0 saturated carbocycles. The number of hydrogen-bond acceptors (Lipinski definition) is 4.